The molecule has 1 aliphatic rings. The molecular formula is C27H12O6. The Bertz CT molecular complexity index is 1560. The molecule has 0 aliphatic heterocycles. The summed E-state index contributed by atoms with van der Waals surface area (Å²) in [6.07, 6.45) is 0. The Morgan fingerprint density at radius 2 is 0.667 bits per heavy atom. The summed E-state index contributed by atoms with van der Waals surface area (Å²) in [6, 6.07) is 13.0. The fraction of sp³-hybridized carbons (Fsp3) is 0. The second-order valence-corrected chi connectivity index (χ2v) is 6.95. The van der Waals surface area contributed by atoms with E-state index in [1.807, 2.05) is 0 Å². The van der Waals surface area contributed by atoms with Crippen molar-refractivity contribution in [3.8, 4) is 35.5 Å². The van der Waals surface area contributed by atoms with E-state index in [-0.39, 0.29) is 16.7 Å². The summed E-state index contributed by atoms with van der Waals surface area (Å²) < 4.78 is 0. The summed E-state index contributed by atoms with van der Waals surface area (Å²) >= 11 is 0. The van der Waals surface area contributed by atoms with Gasteiger partial charge in [0.05, 0.1) is 16.7 Å². The highest BCUT2D eigenvalue weighted by atomic mass is 16.4. The highest BCUT2D eigenvalue weighted by Crippen LogP contribution is 2.17. The zero-order chi connectivity index (χ0) is 23.5. The molecule has 0 aromatic heterocycles. The average Bonchev–Trinajstić information content (AvgIpc) is 2.79. The quantitative estimate of drug-likeness (QED) is 0.429. The van der Waals surface area contributed by atoms with Gasteiger partial charge in [-0.3, -0.25) is 0 Å². The van der Waals surface area contributed by atoms with Gasteiger partial charge >= 0.3 is 17.9 Å². The molecule has 0 radical (unpaired) electrons. The maximum Gasteiger partial charge on any atom is 0.335 e. The summed E-state index contributed by atoms with van der Waals surface area (Å²) in [7, 11) is 0. The minimum absolute atomic E-state index is 0.0183. The molecule has 3 aromatic carbocycles. The second kappa shape index (κ2) is 8.47. The average molecular weight is 432 g/mol. The number of benzene rings is 3. The number of aromatic carboxylic acids is 3. The Morgan fingerprint density at radius 1 is 0.424 bits per heavy atom. The van der Waals surface area contributed by atoms with Gasteiger partial charge in [0.2, 0.25) is 0 Å². The summed E-state index contributed by atoms with van der Waals surface area (Å²) in [4.78, 5) is 34.2. The van der Waals surface area contributed by atoms with Gasteiger partial charge in [-0.05, 0) is 54.6 Å². The Morgan fingerprint density at radius 3 is 0.909 bits per heavy atom. The lowest BCUT2D eigenvalue weighted by Gasteiger charge is -2.04. The van der Waals surface area contributed by atoms with Crippen LogP contribution in [0.5, 0.6) is 0 Å². The van der Waals surface area contributed by atoms with Crippen LogP contribution in [0.15, 0.2) is 54.6 Å². The summed E-state index contributed by atoms with van der Waals surface area (Å²) in [5, 5.41) is 28.0. The van der Waals surface area contributed by atoms with Crippen LogP contribution in [0.25, 0.3) is 0 Å². The van der Waals surface area contributed by atoms with Crippen LogP contribution in [0.3, 0.4) is 0 Å². The van der Waals surface area contributed by atoms with Crippen molar-refractivity contribution in [1.82, 2.24) is 0 Å². The summed E-state index contributed by atoms with van der Waals surface area (Å²) in [6.45, 7) is 0. The molecule has 6 nitrogen and oxygen atoms in total. The van der Waals surface area contributed by atoms with Crippen molar-refractivity contribution < 1.29 is 29.7 Å². The van der Waals surface area contributed by atoms with Crippen LogP contribution >= 0.6 is 0 Å². The standard InChI is InChI=1S/C27H12O6/c28-25(29)22-10-4-16-1-2-17-5-11-23(26(30)31)14-20(17)8-9-21-15-24(27(32)33)12-6-18(21)3-7-19(16)13-22/h4-6,10-15H,(H,28,29)(H,30,31)(H,32,33). The van der Waals surface area contributed by atoms with Crippen molar-refractivity contribution in [2.75, 3.05) is 0 Å². The van der Waals surface area contributed by atoms with Crippen molar-refractivity contribution in [3.63, 3.8) is 0 Å². The third-order valence-corrected chi connectivity index (χ3v) is 4.80. The first-order chi connectivity index (χ1) is 15.8. The highest BCUT2D eigenvalue weighted by molar-refractivity contribution is 5.90. The molecular weight excluding hydrogens is 420 g/mol. The van der Waals surface area contributed by atoms with E-state index < -0.39 is 17.9 Å². The second-order valence-electron chi connectivity index (χ2n) is 6.95. The van der Waals surface area contributed by atoms with Gasteiger partial charge in [0.15, 0.2) is 0 Å². The van der Waals surface area contributed by atoms with Gasteiger partial charge in [0.25, 0.3) is 0 Å². The topological polar surface area (TPSA) is 112 Å². The molecule has 6 heteroatoms. The van der Waals surface area contributed by atoms with Crippen LogP contribution in [0.4, 0.5) is 0 Å². The fourth-order valence-corrected chi connectivity index (χ4v) is 3.07. The van der Waals surface area contributed by atoms with E-state index in [1.165, 1.54) is 48.5 Å². The Hall–Kier alpha value is -5.25. The number of fused-ring (bicyclic) bond motifs is 3. The molecule has 1 aliphatic carbocycles. The van der Waals surface area contributed by atoms with Crippen LogP contribution < -0.4 is 0 Å². The van der Waals surface area contributed by atoms with Gasteiger partial charge in [-0.1, -0.05) is 35.5 Å². The molecule has 0 amide bonds. The summed E-state index contributed by atoms with van der Waals surface area (Å²) in [5.41, 5.74) is 2.54. The lowest BCUT2D eigenvalue weighted by molar-refractivity contribution is 0.0686. The first kappa shape index (κ1) is 21.0. The molecule has 0 heterocycles. The lowest BCUT2D eigenvalue weighted by atomic mass is 9.99. The Kier molecular flexibility index (Phi) is 5.39. The maximum absolute atomic E-state index is 11.4. The largest absolute Gasteiger partial charge is 0.478 e. The first-order valence-electron chi connectivity index (χ1n) is 9.50. The van der Waals surface area contributed by atoms with E-state index in [1.54, 1.807) is 6.07 Å². The molecule has 156 valence electrons. The zero-order valence-electron chi connectivity index (χ0n) is 16.8. The number of carbonyl (C=O) groups is 3. The van der Waals surface area contributed by atoms with Gasteiger partial charge in [0.1, 0.15) is 0 Å². The van der Waals surface area contributed by atoms with Gasteiger partial charge < -0.3 is 15.3 Å². The minimum atomic E-state index is -1.13. The molecule has 0 fully saturated rings. The first-order valence-corrected chi connectivity index (χ1v) is 9.50. The third kappa shape index (κ3) is 4.44. The van der Waals surface area contributed by atoms with E-state index >= 15 is 0 Å². The number of hydrogen-bond acceptors (Lipinski definition) is 3. The lowest BCUT2D eigenvalue weighted by Crippen LogP contribution is -2.00. The zero-order valence-corrected chi connectivity index (χ0v) is 16.8. The van der Waals surface area contributed by atoms with Crippen LogP contribution in [-0.2, 0) is 0 Å². The van der Waals surface area contributed by atoms with E-state index in [0.29, 0.717) is 33.4 Å². The molecule has 3 N–H and O–H groups in total. The van der Waals surface area contributed by atoms with E-state index in [9.17, 15) is 29.7 Å². The molecule has 4 rings (SSSR count). The molecule has 33 heavy (non-hydrogen) atoms. The van der Waals surface area contributed by atoms with Crippen LogP contribution in [-0.4, -0.2) is 33.2 Å². The number of carboxylic acid groups (broad SMARTS) is 3. The normalized spacial score (nSPS) is 10.5. The molecule has 0 unspecified atom stereocenters. The minimum Gasteiger partial charge on any atom is -0.478 e. The maximum atomic E-state index is 11.4. The number of carboxylic acids is 3. The van der Waals surface area contributed by atoms with Gasteiger partial charge in [-0.15, -0.1) is 0 Å². The van der Waals surface area contributed by atoms with Gasteiger partial charge in [-0.25, -0.2) is 14.4 Å². The van der Waals surface area contributed by atoms with Crippen LogP contribution in [0, 0.1) is 35.5 Å². The van der Waals surface area contributed by atoms with Crippen molar-refractivity contribution >= 4 is 17.9 Å². The molecule has 3 aromatic rings. The Labute approximate surface area is 188 Å². The molecule has 0 saturated heterocycles. The third-order valence-electron chi connectivity index (χ3n) is 4.80. The van der Waals surface area contributed by atoms with Crippen LogP contribution in [0.1, 0.15) is 64.5 Å². The van der Waals surface area contributed by atoms with Gasteiger partial charge in [0, 0.05) is 33.4 Å². The molecule has 0 atom stereocenters. The van der Waals surface area contributed by atoms with Crippen molar-refractivity contribution in [2.24, 2.45) is 0 Å². The van der Waals surface area contributed by atoms with Crippen molar-refractivity contribution in [2.45, 2.75) is 0 Å². The van der Waals surface area contributed by atoms with Crippen molar-refractivity contribution in [3.05, 3.63) is 105 Å². The number of rotatable bonds is 3. The Balaban J connectivity index is 2.03. The monoisotopic (exact) mass is 432 g/mol. The fourth-order valence-electron chi connectivity index (χ4n) is 3.07. The van der Waals surface area contributed by atoms with Crippen molar-refractivity contribution in [1.29, 1.82) is 0 Å². The molecule has 0 spiro atoms. The predicted octanol–water partition coefficient (Wildman–Crippen LogP) is 3.29. The van der Waals surface area contributed by atoms with Crippen LogP contribution in [0.2, 0.25) is 0 Å². The predicted molar refractivity (Wildman–Crippen MR) is 118 cm³/mol. The SMILES string of the molecule is O=C(O)c1ccc2c(c1)C#Cc1ccc(C(=O)O)cc1C#Cc1cc(C(=O)O)ccc1C#C2. The van der Waals surface area contributed by atoms with E-state index in [2.05, 4.69) is 35.5 Å². The smallest absolute Gasteiger partial charge is 0.335 e. The van der Waals surface area contributed by atoms with E-state index in [0.717, 1.165) is 0 Å². The number of hydrogen-bond donors (Lipinski definition) is 3. The van der Waals surface area contributed by atoms with Gasteiger partial charge in [-0.2, -0.15) is 0 Å². The highest BCUT2D eigenvalue weighted by Gasteiger charge is 2.10. The van der Waals surface area contributed by atoms with E-state index in [4.69, 9.17) is 0 Å². The summed E-state index contributed by atoms with van der Waals surface area (Å²) in [5.74, 6) is 14.2. The molecule has 0 bridgehead atoms. The molecule has 0 saturated carbocycles.